The van der Waals surface area contributed by atoms with Gasteiger partial charge in [0, 0.05) is 18.1 Å². The molecule has 2 rings (SSSR count). The minimum atomic E-state index is -4.38. The average Bonchev–Trinajstić information content (AvgIpc) is 2.39. The third-order valence-electron chi connectivity index (χ3n) is 2.58. The standard InChI is InChI=1S/C14H11F3N2O/c15-14(16,17)11-3-5-12(6-4-11)19-13(20)8-10-2-1-7-18-9-10/h1-7,9H,8H2,(H,19,20). The summed E-state index contributed by atoms with van der Waals surface area (Å²) in [6, 6.07) is 7.77. The van der Waals surface area contributed by atoms with Crippen molar-refractivity contribution in [3.63, 3.8) is 0 Å². The van der Waals surface area contributed by atoms with Gasteiger partial charge in [-0.2, -0.15) is 13.2 Å². The zero-order valence-electron chi connectivity index (χ0n) is 10.3. The van der Waals surface area contributed by atoms with Gasteiger partial charge in [-0.05, 0) is 35.9 Å². The lowest BCUT2D eigenvalue weighted by molar-refractivity contribution is -0.137. The van der Waals surface area contributed by atoms with Crippen molar-refractivity contribution in [2.24, 2.45) is 0 Å². The van der Waals surface area contributed by atoms with Gasteiger partial charge in [0.25, 0.3) is 0 Å². The van der Waals surface area contributed by atoms with E-state index in [1.165, 1.54) is 12.1 Å². The number of aromatic nitrogens is 1. The van der Waals surface area contributed by atoms with Gasteiger partial charge in [-0.1, -0.05) is 6.07 Å². The summed E-state index contributed by atoms with van der Waals surface area (Å²) in [6.45, 7) is 0. The second kappa shape index (κ2) is 5.73. The minimum absolute atomic E-state index is 0.120. The summed E-state index contributed by atoms with van der Waals surface area (Å²) in [5.41, 5.74) is 0.312. The Bertz CT molecular complexity index is 580. The maximum atomic E-state index is 12.4. The first kappa shape index (κ1) is 14.0. The first-order valence-electron chi connectivity index (χ1n) is 5.81. The van der Waals surface area contributed by atoms with Crippen LogP contribution in [0.1, 0.15) is 11.1 Å². The van der Waals surface area contributed by atoms with Crippen LogP contribution in [0, 0.1) is 0 Å². The smallest absolute Gasteiger partial charge is 0.326 e. The van der Waals surface area contributed by atoms with Crippen LogP contribution in [0.2, 0.25) is 0 Å². The number of rotatable bonds is 3. The van der Waals surface area contributed by atoms with Crippen molar-refractivity contribution >= 4 is 11.6 Å². The molecule has 6 heteroatoms. The average molecular weight is 280 g/mol. The molecule has 1 N–H and O–H groups in total. The van der Waals surface area contributed by atoms with E-state index in [2.05, 4.69) is 10.3 Å². The zero-order chi connectivity index (χ0) is 14.6. The van der Waals surface area contributed by atoms with Gasteiger partial charge in [-0.25, -0.2) is 0 Å². The molecular weight excluding hydrogens is 269 g/mol. The molecule has 0 saturated heterocycles. The number of carbonyl (C=O) groups is 1. The molecule has 0 aliphatic carbocycles. The maximum absolute atomic E-state index is 12.4. The van der Waals surface area contributed by atoms with E-state index >= 15 is 0 Å². The van der Waals surface area contributed by atoms with E-state index in [1.54, 1.807) is 24.5 Å². The van der Waals surface area contributed by atoms with Crippen LogP contribution in [-0.2, 0) is 17.4 Å². The number of hydrogen-bond acceptors (Lipinski definition) is 2. The molecule has 0 bridgehead atoms. The van der Waals surface area contributed by atoms with Crippen LogP contribution in [0.5, 0.6) is 0 Å². The summed E-state index contributed by atoms with van der Waals surface area (Å²) in [6.07, 6.45) is -1.10. The van der Waals surface area contributed by atoms with Crippen LogP contribution < -0.4 is 5.32 Å². The van der Waals surface area contributed by atoms with Crippen LogP contribution in [-0.4, -0.2) is 10.9 Å². The molecule has 0 aliphatic heterocycles. The normalized spacial score (nSPS) is 11.2. The summed E-state index contributed by atoms with van der Waals surface area (Å²) >= 11 is 0. The van der Waals surface area contributed by atoms with Crippen molar-refractivity contribution < 1.29 is 18.0 Å². The lowest BCUT2D eigenvalue weighted by atomic mass is 10.2. The van der Waals surface area contributed by atoms with Gasteiger partial charge in [-0.3, -0.25) is 9.78 Å². The van der Waals surface area contributed by atoms with Crippen molar-refractivity contribution in [2.75, 3.05) is 5.32 Å². The molecule has 1 amide bonds. The van der Waals surface area contributed by atoms with Crippen molar-refractivity contribution in [1.29, 1.82) is 0 Å². The van der Waals surface area contributed by atoms with Gasteiger partial charge in [0.1, 0.15) is 0 Å². The molecule has 1 aromatic heterocycles. The number of nitrogens with one attached hydrogen (secondary N) is 1. The van der Waals surface area contributed by atoms with Crippen LogP contribution in [0.25, 0.3) is 0 Å². The molecule has 0 fully saturated rings. The quantitative estimate of drug-likeness (QED) is 0.937. The Morgan fingerprint density at radius 2 is 1.85 bits per heavy atom. The summed E-state index contributed by atoms with van der Waals surface area (Å²) < 4.78 is 37.1. The fourth-order valence-corrected chi connectivity index (χ4v) is 1.64. The molecule has 0 aliphatic rings. The number of carbonyl (C=O) groups excluding carboxylic acids is 1. The van der Waals surface area contributed by atoms with E-state index < -0.39 is 11.7 Å². The van der Waals surface area contributed by atoms with Gasteiger partial charge in [-0.15, -0.1) is 0 Å². The third kappa shape index (κ3) is 3.81. The van der Waals surface area contributed by atoms with Crippen molar-refractivity contribution in [1.82, 2.24) is 4.98 Å². The van der Waals surface area contributed by atoms with Crippen molar-refractivity contribution in [3.8, 4) is 0 Å². The third-order valence-corrected chi connectivity index (χ3v) is 2.58. The number of benzene rings is 1. The fourth-order valence-electron chi connectivity index (χ4n) is 1.64. The second-order valence-electron chi connectivity index (χ2n) is 4.16. The maximum Gasteiger partial charge on any atom is 0.416 e. The number of pyridine rings is 1. The highest BCUT2D eigenvalue weighted by atomic mass is 19.4. The van der Waals surface area contributed by atoms with E-state index in [9.17, 15) is 18.0 Å². The predicted octanol–water partition coefficient (Wildman–Crippen LogP) is 3.28. The molecule has 0 unspecified atom stereocenters. The molecular formula is C14H11F3N2O. The Labute approximate surface area is 113 Å². The first-order valence-corrected chi connectivity index (χ1v) is 5.81. The van der Waals surface area contributed by atoms with E-state index in [1.807, 2.05) is 0 Å². The van der Waals surface area contributed by atoms with E-state index in [0.29, 0.717) is 5.69 Å². The molecule has 3 nitrogen and oxygen atoms in total. The number of alkyl halides is 3. The lowest BCUT2D eigenvalue weighted by Gasteiger charge is -2.08. The largest absolute Gasteiger partial charge is 0.416 e. The minimum Gasteiger partial charge on any atom is -0.326 e. The highest BCUT2D eigenvalue weighted by Crippen LogP contribution is 2.29. The second-order valence-corrected chi connectivity index (χ2v) is 4.16. The molecule has 1 aromatic carbocycles. The van der Waals surface area contributed by atoms with Gasteiger partial charge in [0.2, 0.25) is 5.91 Å². The first-order chi connectivity index (χ1) is 9.45. The lowest BCUT2D eigenvalue weighted by Crippen LogP contribution is -2.14. The summed E-state index contributed by atoms with van der Waals surface area (Å²) in [4.78, 5) is 15.6. The molecule has 1 heterocycles. The Morgan fingerprint density at radius 1 is 1.15 bits per heavy atom. The molecule has 0 atom stereocenters. The molecule has 0 saturated carbocycles. The number of amides is 1. The summed E-state index contributed by atoms with van der Waals surface area (Å²) in [5, 5.41) is 2.53. The topological polar surface area (TPSA) is 42.0 Å². The van der Waals surface area contributed by atoms with Gasteiger partial charge in [0.15, 0.2) is 0 Å². The molecule has 104 valence electrons. The van der Waals surface area contributed by atoms with Gasteiger partial charge < -0.3 is 5.32 Å². The summed E-state index contributed by atoms with van der Waals surface area (Å²) in [5.74, 6) is -0.308. The highest BCUT2D eigenvalue weighted by molar-refractivity contribution is 5.92. The highest BCUT2D eigenvalue weighted by Gasteiger charge is 2.29. The number of anilines is 1. The monoisotopic (exact) mass is 280 g/mol. The molecule has 0 radical (unpaired) electrons. The van der Waals surface area contributed by atoms with Crippen molar-refractivity contribution in [2.45, 2.75) is 12.6 Å². The predicted molar refractivity (Wildman–Crippen MR) is 68.0 cm³/mol. The van der Waals surface area contributed by atoms with E-state index in [-0.39, 0.29) is 12.3 Å². The van der Waals surface area contributed by atoms with E-state index in [4.69, 9.17) is 0 Å². The SMILES string of the molecule is O=C(Cc1cccnc1)Nc1ccc(C(F)(F)F)cc1. The van der Waals surface area contributed by atoms with Crippen molar-refractivity contribution in [3.05, 3.63) is 59.9 Å². The Hall–Kier alpha value is -2.37. The van der Waals surface area contributed by atoms with E-state index in [0.717, 1.165) is 17.7 Å². The van der Waals surface area contributed by atoms with Crippen LogP contribution in [0.15, 0.2) is 48.8 Å². The van der Waals surface area contributed by atoms with Gasteiger partial charge >= 0.3 is 6.18 Å². The van der Waals surface area contributed by atoms with Crippen LogP contribution in [0.4, 0.5) is 18.9 Å². The Kier molecular flexibility index (Phi) is 4.02. The summed E-state index contributed by atoms with van der Waals surface area (Å²) in [7, 11) is 0. The Balaban J connectivity index is 1.98. The molecule has 20 heavy (non-hydrogen) atoms. The van der Waals surface area contributed by atoms with Crippen LogP contribution >= 0.6 is 0 Å². The number of halogens is 3. The molecule has 0 spiro atoms. The van der Waals surface area contributed by atoms with Gasteiger partial charge in [0.05, 0.1) is 12.0 Å². The molecule has 2 aromatic rings. The zero-order valence-corrected chi connectivity index (χ0v) is 10.3. The number of nitrogens with zero attached hydrogens (tertiary/aromatic N) is 1. The Morgan fingerprint density at radius 3 is 2.40 bits per heavy atom. The van der Waals surface area contributed by atoms with Crippen LogP contribution in [0.3, 0.4) is 0 Å². The fraction of sp³-hybridized carbons (Fsp3) is 0.143. The number of hydrogen-bond donors (Lipinski definition) is 1.